The molecule has 0 saturated carbocycles. The molecular formula is C23H41NO3. The van der Waals surface area contributed by atoms with Crippen molar-refractivity contribution in [3.05, 3.63) is 12.2 Å². The molecule has 0 bridgehead atoms. The van der Waals surface area contributed by atoms with Crippen molar-refractivity contribution in [2.45, 2.75) is 123 Å². The third kappa shape index (κ3) is 9.44. The van der Waals surface area contributed by atoms with Crippen LogP contribution in [-0.4, -0.2) is 29.0 Å². The number of unbranched alkanes of at least 4 members (excludes halogenated alkanes) is 9. The molecule has 156 valence electrons. The first kappa shape index (κ1) is 23.7. The Kier molecular flexibility index (Phi) is 12.9. The standard InChI is InChI=1S/C23H41NO3/c1-4-6-8-10-11-12-13-15-17-19-22-24(20(3)23(26)27-22)21(25)18-16-14-9-7-5-2/h13,15,20,22H,4-12,14,16-19H2,1-3H3. The van der Waals surface area contributed by atoms with Crippen LogP contribution in [-0.2, 0) is 14.3 Å². The van der Waals surface area contributed by atoms with Crippen molar-refractivity contribution in [1.29, 1.82) is 0 Å². The lowest BCUT2D eigenvalue weighted by Crippen LogP contribution is -2.41. The van der Waals surface area contributed by atoms with E-state index in [-0.39, 0.29) is 18.1 Å². The summed E-state index contributed by atoms with van der Waals surface area (Å²) in [6.07, 6.45) is 19.3. The summed E-state index contributed by atoms with van der Waals surface area (Å²) in [6, 6.07) is -0.444. The van der Waals surface area contributed by atoms with Crippen molar-refractivity contribution < 1.29 is 14.3 Å². The van der Waals surface area contributed by atoms with Gasteiger partial charge in [-0.3, -0.25) is 9.69 Å². The van der Waals surface area contributed by atoms with E-state index < -0.39 is 6.04 Å². The highest BCUT2D eigenvalue weighted by molar-refractivity contribution is 5.87. The minimum absolute atomic E-state index is 0.0646. The summed E-state index contributed by atoms with van der Waals surface area (Å²) in [6.45, 7) is 6.20. The second-order valence-corrected chi connectivity index (χ2v) is 7.78. The first-order chi connectivity index (χ1) is 13.1. The van der Waals surface area contributed by atoms with Gasteiger partial charge in [0, 0.05) is 12.8 Å². The lowest BCUT2D eigenvalue weighted by molar-refractivity contribution is -0.143. The maximum atomic E-state index is 12.6. The average molecular weight is 380 g/mol. The summed E-state index contributed by atoms with van der Waals surface area (Å²) in [5.41, 5.74) is 0. The Labute approximate surface area is 166 Å². The predicted octanol–water partition coefficient (Wildman–Crippen LogP) is 6.14. The fourth-order valence-corrected chi connectivity index (χ4v) is 3.58. The van der Waals surface area contributed by atoms with E-state index in [2.05, 4.69) is 26.0 Å². The minimum atomic E-state index is -0.444. The number of hydrogen-bond acceptors (Lipinski definition) is 3. The molecule has 0 aliphatic carbocycles. The Morgan fingerprint density at radius 1 is 0.926 bits per heavy atom. The summed E-state index contributed by atoms with van der Waals surface area (Å²) in [7, 11) is 0. The number of ether oxygens (including phenoxy) is 1. The molecule has 0 N–H and O–H groups in total. The average Bonchev–Trinajstić information content (AvgIpc) is 2.94. The van der Waals surface area contributed by atoms with Crippen molar-refractivity contribution in [1.82, 2.24) is 4.90 Å². The molecule has 0 radical (unpaired) electrons. The molecule has 0 aromatic rings. The van der Waals surface area contributed by atoms with Crippen molar-refractivity contribution in [3.8, 4) is 0 Å². The molecule has 1 heterocycles. The van der Waals surface area contributed by atoms with Crippen LogP contribution in [0.2, 0.25) is 0 Å². The molecule has 0 spiro atoms. The number of allylic oxidation sites excluding steroid dienone is 2. The van der Waals surface area contributed by atoms with Crippen LogP contribution in [0.15, 0.2) is 12.2 Å². The van der Waals surface area contributed by atoms with E-state index in [4.69, 9.17) is 4.74 Å². The predicted molar refractivity (Wildman–Crippen MR) is 111 cm³/mol. The van der Waals surface area contributed by atoms with Gasteiger partial charge in [0.05, 0.1) is 0 Å². The zero-order valence-corrected chi connectivity index (χ0v) is 17.9. The van der Waals surface area contributed by atoms with Crippen LogP contribution in [0.25, 0.3) is 0 Å². The van der Waals surface area contributed by atoms with Gasteiger partial charge >= 0.3 is 5.97 Å². The lowest BCUT2D eigenvalue weighted by atomic mass is 10.1. The van der Waals surface area contributed by atoms with E-state index in [9.17, 15) is 9.59 Å². The van der Waals surface area contributed by atoms with Gasteiger partial charge in [0.2, 0.25) is 5.91 Å². The molecule has 1 aliphatic heterocycles. The highest BCUT2D eigenvalue weighted by Crippen LogP contribution is 2.24. The maximum Gasteiger partial charge on any atom is 0.330 e. The zero-order valence-electron chi connectivity index (χ0n) is 17.9. The molecular weight excluding hydrogens is 338 g/mol. The Hall–Kier alpha value is -1.32. The largest absolute Gasteiger partial charge is 0.440 e. The number of nitrogens with zero attached hydrogens (tertiary/aromatic N) is 1. The molecule has 2 unspecified atom stereocenters. The molecule has 0 aromatic carbocycles. The first-order valence-electron chi connectivity index (χ1n) is 11.3. The van der Waals surface area contributed by atoms with Crippen LogP contribution >= 0.6 is 0 Å². The van der Waals surface area contributed by atoms with Crippen LogP contribution in [0.1, 0.15) is 111 Å². The van der Waals surface area contributed by atoms with Crippen molar-refractivity contribution in [2.24, 2.45) is 0 Å². The van der Waals surface area contributed by atoms with Crippen molar-refractivity contribution >= 4 is 11.9 Å². The highest BCUT2D eigenvalue weighted by Gasteiger charge is 2.41. The van der Waals surface area contributed by atoms with E-state index >= 15 is 0 Å². The maximum absolute atomic E-state index is 12.6. The van der Waals surface area contributed by atoms with E-state index in [0.717, 1.165) is 25.7 Å². The number of rotatable bonds is 15. The Morgan fingerprint density at radius 3 is 2.19 bits per heavy atom. The molecule has 1 saturated heterocycles. The van der Waals surface area contributed by atoms with Crippen molar-refractivity contribution in [3.63, 3.8) is 0 Å². The third-order valence-electron chi connectivity index (χ3n) is 5.32. The number of amides is 1. The molecule has 4 heteroatoms. The molecule has 27 heavy (non-hydrogen) atoms. The summed E-state index contributed by atoms with van der Waals surface area (Å²) in [4.78, 5) is 26.2. The molecule has 1 fully saturated rings. The molecule has 4 nitrogen and oxygen atoms in total. The Balaban J connectivity index is 2.30. The van der Waals surface area contributed by atoms with Gasteiger partial charge < -0.3 is 4.74 Å². The number of cyclic esters (lactones) is 1. The number of carbonyl (C=O) groups is 2. The third-order valence-corrected chi connectivity index (χ3v) is 5.32. The van der Waals surface area contributed by atoms with Crippen LogP contribution in [0.5, 0.6) is 0 Å². The van der Waals surface area contributed by atoms with E-state index in [1.807, 2.05) is 0 Å². The smallest absolute Gasteiger partial charge is 0.330 e. The SMILES string of the molecule is CCCCCCCC=CCCC1OC(=O)C(C)N1C(=O)CCCCCCC. The monoisotopic (exact) mass is 379 g/mol. The van der Waals surface area contributed by atoms with Crippen LogP contribution in [0.3, 0.4) is 0 Å². The van der Waals surface area contributed by atoms with Gasteiger partial charge in [-0.25, -0.2) is 4.79 Å². The van der Waals surface area contributed by atoms with Gasteiger partial charge in [0.1, 0.15) is 6.04 Å². The second kappa shape index (κ2) is 14.7. The lowest BCUT2D eigenvalue weighted by Gasteiger charge is -2.24. The second-order valence-electron chi connectivity index (χ2n) is 7.78. The van der Waals surface area contributed by atoms with Gasteiger partial charge in [0.15, 0.2) is 6.23 Å². The fourth-order valence-electron chi connectivity index (χ4n) is 3.58. The van der Waals surface area contributed by atoms with Gasteiger partial charge in [-0.2, -0.15) is 0 Å². The fraction of sp³-hybridized carbons (Fsp3) is 0.826. The summed E-state index contributed by atoms with van der Waals surface area (Å²) in [5.74, 6) is -0.200. The summed E-state index contributed by atoms with van der Waals surface area (Å²) in [5, 5.41) is 0. The van der Waals surface area contributed by atoms with Crippen LogP contribution in [0, 0.1) is 0 Å². The highest BCUT2D eigenvalue weighted by atomic mass is 16.6. The Bertz CT molecular complexity index is 447. The first-order valence-corrected chi connectivity index (χ1v) is 11.3. The molecule has 2 atom stereocenters. The number of carbonyl (C=O) groups excluding carboxylic acids is 2. The molecule has 1 rings (SSSR count). The van der Waals surface area contributed by atoms with E-state index in [1.165, 1.54) is 51.4 Å². The normalized spacial score (nSPS) is 19.8. The minimum Gasteiger partial charge on any atom is -0.440 e. The zero-order chi connectivity index (χ0) is 19.9. The van der Waals surface area contributed by atoms with E-state index in [1.54, 1.807) is 11.8 Å². The molecule has 1 aliphatic rings. The van der Waals surface area contributed by atoms with E-state index in [0.29, 0.717) is 12.8 Å². The molecule has 1 amide bonds. The van der Waals surface area contributed by atoms with Gasteiger partial charge in [0.25, 0.3) is 0 Å². The van der Waals surface area contributed by atoms with Gasteiger partial charge in [-0.15, -0.1) is 0 Å². The van der Waals surface area contributed by atoms with Crippen molar-refractivity contribution in [2.75, 3.05) is 0 Å². The molecule has 0 aromatic heterocycles. The topological polar surface area (TPSA) is 46.6 Å². The summed E-state index contributed by atoms with van der Waals surface area (Å²) >= 11 is 0. The summed E-state index contributed by atoms with van der Waals surface area (Å²) < 4.78 is 5.46. The van der Waals surface area contributed by atoms with Crippen LogP contribution in [0.4, 0.5) is 0 Å². The Morgan fingerprint density at radius 2 is 1.52 bits per heavy atom. The van der Waals surface area contributed by atoms with Crippen LogP contribution < -0.4 is 0 Å². The van der Waals surface area contributed by atoms with Gasteiger partial charge in [-0.1, -0.05) is 77.4 Å². The number of hydrogen-bond donors (Lipinski definition) is 0. The van der Waals surface area contributed by atoms with Gasteiger partial charge in [-0.05, 0) is 32.6 Å². The quantitative estimate of drug-likeness (QED) is 0.195. The number of esters is 1.